The van der Waals surface area contributed by atoms with E-state index in [-0.39, 0.29) is 29.5 Å². The molecule has 0 N–H and O–H groups in total. The van der Waals surface area contributed by atoms with Crippen molar-refractivity contribution >= 4 is 15.7 Å². The van der Waals surface area contributed by atoms with Crippen LogP contribution in [-0.4, -0.2) is 48.3 Å². The molecule has 7 nitrogen and oxygen atoms in total. The van der Waals surface area contributed by atoms with Crippen LogP contribution >= 0.6 is 0 Å². The molecule has 0 aromatic carbocycles. The van der Waals surface area contributed by atoms with Gasteiger partial charge in [-0.25, -0.2) is 13.4 Å². The lowest BCUT2D eigenvalue weighted by Crippen LogP contribution is -2.41. The Kier molecular flexibility index (Phi) is 3.96. The van der Waals surface area contributed by atoms with Crippen LogP contribution < -0.4 is 0 Å². The second kappa shape index (κ2) is 5.93. The fourth-order valence-electron chi connectivity index (χ4n) is 2.60. The summed E-state index contributed by atoms with van der Waals surface area (Å²) in [5.41, 5.74) is 0.0551. The Balaban J connectivity index is 1.91. The molecule has 3 heterocycles. The van der Waals surface area contributed by atoms with Crippen molar-refractivity contribution in [3.8, 4) is 23.9 Å². The van der Waals surface area contributed by atoms with E-state index in [1.807, 2.05) is 0 Å². The average Bonchev–Trinajstić information content (AvgIpc) is 3.23. The van der Waals surface area contributed by atoms with E-state index < -0.39 is 21.8 Å². The second-order valence-corrected chi connectivity index (χ2v) is 7.43. The summed E-state index contributed by atoms with van der Waals surface area (Å²) in [7, 11) is -3.14. The van der Waals surface area contributed by atoms with Crippen molar-refractivity contribution in [3.05, 3.63) is 30.5 Å². The minimum atomic E-state index is -3.14. The van der Waals surface area contributed by atoms with Gasteiger partial charge in [0.1, 0.15) is 0 Å². The summed E-state index contributed by atoms with van der Waals surface area (Å²) in [4.78, 5) is 18.1. The number of rotatable bonds is 4. The molecule has 0 bridgehead atoms. The number of terminal acetylenes is 1. The third kappa shape index (κ3) is 3.00. The Morgan fingerprint density at radius 1 is 1.48 bits per heavy atom. The summed E-state index contributed by atoms with van der Waals surface area (Å²) >= 11 is 0. The molecule has 1 atom stereocenters. The highest BCUT2D eigenvalue weighted by molar-refractivity contribution is 7.91. The number of nitrogens with zero attached hydrogens (tertiary/aromatic N) is 2. The van der Waals surface area contributed by atoms with Gasteiger partial charge in [0.25, 0.3) is 5.91 Å². The van der Waals surface area contributed by atoms with Crippen molar-refractivity contribution < 1.29 is 22.0 Å². The van der Waals surface area contributed by atoms with E-state index >= 15 is 0 Å². The molecular formula is C15H14N2O5S. The average molecular weight is 334 g/mol. The summed E-state index contributed by atoms with van der Waals surface area (Å²) in [5, 5.41) is 0. The van der Waals surface area contributed by atoms with Gasteiger partial charge in [-0.3, -0.25) is 4.79 Å². The number of carbonyl (C=O) groups excluding carboxylic acids is 1. The van der Waals surface area contributed by atoms with Crippen LogP contribution in [0.3, 0.4) is 0 Å². The lowest BCUT2D eigenvalue weighted by atomic mass is 10.2. The molecule has 120 valence electrons. The van der Waals surface area contributed by atoms with Crippen molar-refractivity contribution in [2.24, 2.45) is 0 Å². The van der Waals surface area contributed by atoms with Crippen molar-refractivity contribution in [1.29, 1.82) is 0 Å². The van der Waals surface area contributed by atoms with Crippen LogP contribution in [0.25, 0.3) is 11.5 Å². The quantitative estimate of drug-likeness (QED) is 0.780. The molecule has 0 aliphatic carbocycles. The topological polar surface area (TPSA) is 93.6 Å². The van der Waals surface area contributed by atoms with Gasteiger partial charge >= 0.3 is 0 Å². The Hall–Kier alpha value is -2.53. The molecule has 0 saturated carbocycles. The van der Waals surface area contributed by atoms with Gasteiger partial charge in [0.05, 0.1) is 24.3 Å². The number of hydrogen-bond acceptors (Lipinski definition) is 6. The van der Waals surface area contributed by atoms with Gasteiger partial charge < -0.3 is 13.7 Å². The number of aromatic nitrogens is 1. The minimum Gasteiger partial charge on any atom is -0.461 e. The number of sulfone groups is 1. The fourth-order valence-corrected chi connectivity index (χ4v) is 4.33. The summed E-state index contributed by atoms with van der Waals surface area (Å²) in [6.07, 6.45) is 8.29. The van der Waals surface area contributed by atoms with E-state index in [1.54, 1.807) is 12.1 Å². The zero-order chi connectivity index (χ0) is 16.4. The van der Waals surface area contributed by atoms with Crippen molar-refractivity contribution in [2.75, 3.05) is 18.1 Å². The largest absolute Gasteiger partial charge is 0.461 e. The van der Waals surface area contributed by atoms with E-state index in [1.165, 1.54) is 11.2 Å². The number of oxazole rings is 1. The normalized spacial score (nSPS) is 19.3. The van der Waals surface area contributed by atoms with Crippen molar-refractivity contribution in [1.82, 2.24) is 9.88 Å². The molecule has 1 fully saturated rings. The Morgan fingerprint density at radius 2 is 2.30 bits per heavy atom. The SMILES string of the molecule is C#CCN(C(=O)c1ncoc1-c1ccco1)[C@H]1CCS(=O)(=O)C1. The van der Waals surface area contributed by atoms with E-state index in [9.17, 15) is 13.2 Å². The Bertz CT molecular complexity index is 845. The molecule has 2 aromatic heterocycles. The third-order valence-electron chi connectivity index (χ3n) is 3.69. The third-order valence-corrected chi connectivity index (χ3v) is 5.44. The minimum absolute atomic E-state index is 0.00345. The Morgan fingerprint density at radius 3 is 2.91 bits per heavy atom. The van der Waals surface area contributed by atoms with Crippen LogP contribution in [-0.2, 0) is 9.84 Å². The number of carbonyl (C=O) groups is 1. The zero-order valence-corrected chi connectivity index (χ0v) is 13.0. The highest BCUT2D eigenvalue weighted by Gasteiger charge is 2.36. The lowest BCUT2D eigenvalue weighted by Gasteiger charge is -2.25. The maximum atomic E-state index is 12.8. The highest BCUT2D eigenvalue weighted by atomic mass is 32.2. The number of furan rings is 1. The summed E-state index contributed by atoms with van der Waals surface area (Å²) in [5.74, 6) is 2.46. The first-order valence-electron chi connectivity index (χ1n) is 6.94. The van der Waals surface area contributed by atoms with Crippen LogP contribution in [0.15, 0.2) is 33.6 Å². The van der Waals surface area contributed by atoms with E-state index in [4.69, 9.17) is 15.3 Å². The molecule has 1 saturated heterocycles. The molecule has 0 unspecified atom stereocenters. The first-order valence-corrected chi connectivity index (χ1v) is 8.76. The fraction of sp³-hybridized carbons (Fsp3) is 0.333. The molecule has 3 rings (SSSR count). The molecular weight excluding hydrogens is 320 g/mol. The summed E-state index contributed by atoms with van der Waals surface area (Å²) < 4.78 is 33.8. The maximum Gasteiger partial charge on any atom is 0.277 e. The van der Waals surface area contributed by atoms with Gasteiger partial charge in [-0.2, -0.15) is 0 Å². The molecule has 0 spiro atoms. The highest BCUT2D eigenvalue weighted by Crippen LogP contribution is 2.26. The predicted octanol–water partition coefficient (Wildman–Crippen LogP) is 1.20. The number of amides is 1. The maximum absolute atomic E-state index is 12.8. The lowest BCUT2D eigenvalue weighted by molar-refractivity contribution is 0.0719. The first-order chi connectivity index (χ1) is 11.0. The molecule has 1 aliphatic rings. The monoisotopic (exact) mass is 334 g/mol. The predicted molar refractivity (Wildman–Crippen MR) is 81.1 cm³/mol. The smallest absolute Gasteiger partial charge is 0.277 e. The van der Waals surface area contributed by atoms with E-state index in [0.717, 1.165) is 6.39 Å². The second-order valence-electron chi connectivity index (χ2n) is 5.20. The van der Waals surface area contributed by atoms with Gasteiger partial charge in [0.15, 0.2) is 27.7 Å². The van der Waals surface area contributed by atoms with Crippen LogP contribution in [0.4, 0.5) is 0 Å². The standard InChI is InChI=1S/C15H14N2O5S/c1-2-6-17(11-5-8-23(19,20)9-11)15(18)13-14(22-10-16-13)12-4-3-7-21-12/h1,3-4,7,10-11H,5-6,8-9H2/t11-/m0/s1. The zero-order valence-electron chi connectivity index (χ0n) is 12.1. The first kappa shape index (κ1) is 15.4. The van der Waals surface area contributed by atoms with Crippen LogP contribution in [0.2, 0.25) is 0 Å². The van der Waals surface area contributed by atoms with Gasteiger partial charge in [-0.15, -0.1) is 6.42 Å². The Labute approximate surface area is 133 Å². The van der Waals surface area contributed by atoms with Crippen LogP contribution in [0.1, 0.15) is 16.9 Å². The molecule has 0 radical (unpaired) electrons. The van der Waals surface area contributed by atoms with Crippen molar-refractivity contribution in [3.63, 3.8) is 0 Å². The molecule has 1 aliphatic heterocycles. The molecule has 2 aromatic rings. The van der Waals surface area contributed by atoms with Gasteiger partial charge in [-0.1, -0.05) is 5.92 Å². The van der Waals surface area contributed by atoms with E-state index in [2.05, 4.69) is 10.9 Å². The van der Waals surface area contributed by atoms with Gasteiger partial charge in [0, 0.05) is 6.04 Å². The van der Waals surface area contributed by atoms with Gasteiger partial charge in [0.2, 0.25) is 5.76 Å². The summed E-state index contributed by atoms with van der Waals surface area (Å²) in [6.45, 7) is 0.00345. The van der Waals surface area contributed by atoms with Gasteiger partial charge in [-0.05, 0) is 18.6 Å². The van der Waals surface area contributed by atoms with Crippen LogP contribution in [0.5, 0.6) is 0 Å². The van der Waals surface area contributed by atoms with Crippen molar-refractivity contribution in [2.45, 2.75) is 12.5 Å². The molecule has 23 heavy (non-hydrogen) atoms. The molecule has 8 heteroatoms. The van der Waals surface area contributed by atoms with Crippen LogP contribution in [0, 0.1) is 12.3 Å². The summed E-state index contributed by atoms with van der Waals surface area (Å²) in [6, 6.07) is 2.85. The number of hydrogen-bond donors (Lipinski definition) is 0. The van der Waals surface area contributed by atoms with E-state index in [0.29, 0.717) is 12.2 Å². The molecule has 1 amide bonds.